The summed E-state index contributed by atoms with van der Waals surface area (Å²) in [4.78, 5) is 14.8. The molecule has 1 aromatic carbocycles. The van der Waals surface area contributed by atoms with E-state index in [1.54, 1.807) is 0 Å². The molecule has 2 aromatic rings. The lowest BCUT2D eigenvalue weighted by Crippen LogP contribution is -2.44. The Bertz CT molecular complexity index is 724. The molecule has 2 aliphatic heterocycles. The Hall–Kier alpha value is -1.85. The predicted octanol–water partition coefficient (Wildman–Crippen LogP) is 2.82. The number of likely N-dealkylation sites (tertiary alicyclic amines) is 1. The molecule has 25 heavy (non-hydrogen) atoms. The summed E-state index contributed by atoms with van der Waals surface area (Å²) < 4.78 is 1.83. The summed E-state index contributed by atoms with van der Waals surface area (Å²) in [6, 6.07) is 9.73. The van der Waals surface area contributed by atoms with E-state index in [0.717, 1.165) is 56.0 Å². The minimum atomic E-state index is 0. The van der Waals surface area contributed by atoms with Crippen LogP contribution < -0.4 is 5.32 Å². The van der Waals surface area contributed by atoms with Gasteiger partial charge in [0.1, 0.15) is 0 Å². The molecular formula is C19H25ClN4O. The molecule has 0 radical (unpaired) electrons. The van der Waals surface area contributed by atoms with Crippen LogP contribution >= 0.6 is 12.4 Å². The number of benzene rings is 1. The van der Waals surface area contributed by atoms with E-state index in [0.29, 0.717) is 5.41 Å². The van der Waals surface area contributed by atoms with Gasteiger partial charge in [0.25, 0.3) is 5.91 Å². The van der Waals surface area contributed by atoms with Crippen molar-refractivity contribution in [2.75, 3.05) is 26.2 Å². The molecule has 1 aromatic heterocycles. The maximum Gasteiger partial charge on any atom is 0.253 e. The van der Waals surface area contributed by atoms with E-state index in [4.69, 9.17) is 0 Å². The number of piperidine rings is 1. The van der Waals surface area contributed by atoms with Crippen molar-refractivity contribution in [2.24, 2.45) is 5.41 Å². The van der Waals surface area contributed by atoms with Crippen molar-refractivity contribution in [2.45, 2.75) is 26.2 Å². The minimum Gasteiger partial charge on any atom is -0.339 e. The molecule has 6 heteroatoms. The molecule has 3 heterocycles. The monoisotopic (exact) mass is 360 g/mol. The summed E-state index contributed by atoms with van der Waals surface area (Å²) in [5, 5.41) is 7.87. The number of nitrogens with one attached hydrogen (secondary N) is 1. The van der Waals surface area contributed by atoms with Gasteiger partial charge in [0.15, 0.2) is 0 Å². The third kappa shape index (κ3) is 3.58. The van der Waals surface area contributed by atoms with Gasteiger partial charge in [-0.05, 0) is 68.5 Å². The van der Waals surface area contributed by atoms with Crippen molar-refractivity contribution in [1.82, 2.24) is 20.0 Å². The largest absolute Gasteiger partial charge is 0.339 e. The van der Waals surface area contributed by atoms with Gasteiger partial charge in [-0.2, -0.15) is 5.10 Å². The summed E-state index contributed by atoms with van der Waals surface area (Å²) >= 11 is 0. The highest BCUT2D eigenvalue weighted by atomic mass is 35.5. The fourth-order valence-electron chi connectivity index (χ4n) is 3.90. The lowest BCUT2D eigenvalue weighted by molar-refractivity contribution is 0.0607. The number of carbonyl (C=O) groups is 1. The zero-order valence-electron chi connectivity index (χ0n) is 14.6. The zero-order valence-corrected chi connectivity index (χ0v) is 15.4. The molecule has 1 N–H and O–H groups in total. The van der Waals surface area contributed by atoms with Gasteiger partial charge in [0, 0.05) is 31.4 Å². The van der Waals surface area contributed by atoms with Gasteiger partial charge in [-0.3, -0.25) is 4.79 Å². The first-order valence-corrected chi connectivity index (χ1v) is 8.78. The van der Waals surface area contributed by atoms with Crippen molar-refractivity contribution in [1.29, 1.82) is 0 Å². The minimum absolute atomic E-state index is 0. The van der Waals surface area contributed by atoms with Gasteiger partial charge in [0.2, 0.25) is 0 Å². The van der Waals surface area contributed by atoms with E-state index in [2.05, 4.69) is 10.4 Å². The molecule has 2 fully saturated rings. The highest BCUT2D eigenvalue weighted by molar-refractivity contribution is 5.94. The van der Waals surface area contributed by atoms with Gasteiger partial charge in [-0.15, -0.1) is 12.4 Å². The van der Waals surface area contributed by atoms with Crippen molar-refractivity contribution in [3.05, 3.63) is 47.8 Å². The van der Waals surface area contributed by atoms with E-state index in [1.807, 2.05) is 53.0 Å². The molecule has 2 saturated heterocycles. The maximum absolute atomic E-state index is 12.7. The molecule has 0 unspecified atom stereocenters. The standard InChI is InChI=1S/C19H24N4O.ClH/c1-15-6-11-23(21-15)17-4-2-16(3-5-17)18(24)22-12-8-19(9-13-22)7-10-20-14-19;/h2-6,11,20H,7-10,12-14H2,1H3;1H. The average Bonchev–Trinajstić information content (AvgIpc) is 3.25. The Labute approximate surface area is 154 Å². The van der Waals surface area contributed by atoms with Crippen LogP contribution in [0.1, 0.15) is 35.3 Å². The highest BCUT2D eigenvalue weighted by Gasteiger charge is 2.38. The van der Waals surface area contributed by atoms with Gasteiger partial charge >= 0.3 is 0 Å². The normalized spacial score (nSPS) is 19.0. The van der Waals surface area contributed by atoms with Gasteiger partial charge in [-0.1, -0.05) is 0 Å². The summed E-state index contributed by atoms with van der Waals surface area (Å²) in [5.74, 6) is 0.152. The van der Waals surface area contributed by atoms with Crippen LogP contribution in [0.2, 0.25) is 0 Å². The number of aromatic nitrogens is 2. The first-order valence-electron chi connectivity index (χ1n) is 8.78. The molecule has 1 amide bonds. The van der Waals surface area contributed by atoms with Crippen LogP contribution in [0.5, 0.6) is 0 Å². The molecule has 0 saturated carbocycles. The first-order chi connectivity index (χ1) is 11.7. The van der Waals surface area contributed by atoms with Crippen molar-refractivity contribution in [3.63, 3.8) is 0 Å². The summed E-state index contributed by atoms with van der Waals surface area (Å²) in [6.07, 6.45) is 5.44. The lowest BCUT2D eigenvalue weighted by atomic mass is 9.78. The third-order valence-electron chi connectivity index (χ3n) is 5.54. The smallest absolute Gasteiger partial charge is 0.253 e. The molecule has 0 bridgehead atoms. The Morgan fingerprint density at radius 3 is 2.40 bits per heavy atom. The summed E-state index contributed by atoms with van der Waals surface area (Å²) in [6.45, 7) is 5.97. The Kier molecular flexibility index (Phi) is 5.16. The molecule has 134 valence electrons. The average molecular weight is 361 g/mol. The number of aryl methyl sites for hydroxylation is 1. The fourth-order valence-corrected chi connectivity index (χ4v) is 3.90. The second-order valence-corrected chi connectivity index (χ2v) is 7.17. The number of amides is 1. The van der Waals surface area contributed by atoms with Crippen LogP contribution in [0.3, 0.4) is 0 Å². The zero-order chi connectivity index (χ0) is 16.6. The van der Waals surface area contributed by atoms with Crippen LogP contribution in [0, 0.1) is 12.3 Å². The highest BCUT2D eigenvalue weighted by Crippen LogP contribution is 2.37. The lowest BCUT2D eigenvalue weighted by Gasteiger charge is -2.38. The molecular weight excluding hydrogens is 336 g/mol. The Morgan fingerprint density at radius 2 is 1.84 bits per heavy atom. The maximum atomic E-state index is 12.7. The SMILES string of the molecule is Cc1ccn(-c2ccc(C(=O)N3CCC4(CCNC4)CC3)cc2)n1.Cl. The third-order valence-corrected chi connectivity index (χ3v) is 5.54. The van der Waals surface area contributed by atoms with E-state index in [1.165, 1.54) is 6.42 Å². The fraction of sp³-hybridized carbons (Fsp3) is 0.474. The summed E-state index contributed by atoms with van der Waals surface area (Å²) in [5.41, 5.74) is 3.18. The predicted molar refractivity (Wildman–Crippen MR) is 101 cm³/mol. The number of halogens is 1. The molecule has 2 aliphatic rings. The molecule has 1 spiro atoms. The van der Waals surface area contributed by atoms with Gasteiger partial charge in [0.05, 0.1) is 11.4 Å². The van der Waals surface area contributed by atoms with Crippen LogP contribution in [-0.2, 0) is 0 Å². The van der Waals surface area contributed by atoms with Crippen LogP contribution in [0.4, 0.5) is 0 Å². The number of hydrogen-bond donors (Lipinski definition) is 1. The first kappa shape index (κ1) is 18.0. The molecule has 5 nitrogen and oxygen atoms in total. The molecule has 0 aliphatic carbocycles. The van der Waals surface area contributed by atoms with Crippen molar-refractivity contribution >= 4 is 18.3 Å². The van der Waals surface area contributed by atoms with Crippen LogP contribution in [-0.4, -0.2) is 46.8 Å². The van der Waals surface area contributed by atoms with Crippen molar-refractivity contribution in [3.8, 4) is 5.69 Å². The second kappa shape index (κ2) is 7.18. The summed E-state index contributed by atoms with van der Waals surface area (Å²) in [7, 11) is 0. The molecule has 4 rings (SSSR count). The molecule has 0 atom stereocenters. The van der Waals surface area contributed by atoms with E-state index in [9.17, 15) is 4.79 Å². The van der Waals surface area contributed by atoms with E-state index < -0.39 is 0 Å². The van der Waals surface area contributed by atoms with E-state index in [-0.39, 0.29) is 18.3 Å². The van der Waals surface area contributed by atoms with Crippen molar-refractivity contribution < 1.29 is 4.79 Å². The Morgan fingerprint density at radius 1 is 1.12 bits per heavy atom. The number of hydrogen-bond acceptors (Lipinski definition) is 3. The van der Waals surface area contributed by atoms with E-state index >= 15 is 0 Å². The van der Waals surface area contributed by atoms with Crippen LogP contribution in [0.15, 0.2) is 36.5 Å². The van der Waals surface area contributed by atoms with Crippen LogP contribution in [0.25, 0.3) is 5.69 Å². The Balaban J connectivity index is 0.00000182. The number of nitrogens with zero attached hydrogens (tertiary/aromatic N) is 3. The topological polar surface area (TPSA) is 50.2 Å². The van der Waals surface area contributed by atoms with Gasteiger partial charge in [-0.25, -0.2) is 4.68 Å². The van der Waals surface area contributed by atoms with Gasteiger partial charge < -0.3 is 10.2 Å². The number of rotatable bonds is 2. The second-order valence-electron chi connectivity index (χ2n) is 7.17. The quantitative estimate of drug-likeness (QED) is 0.896. The number of carbonyl (C=O) groups excluding carboxylic acids is 1.